The first-order valence-electron chi connectivity index (χ1n) is 7.03. The lowest BCUT2D eigenvalue weighted by molar-refractivity contribution is 0.0698. The minimum Gasteiger partial charge on any atom is -0.478 e. The van der Waals surface area contributed by atoms with Crippen molar-refractivity contribution in [3.8, 4) is 0 Å². The number of anilines is 1. The van der Waals surface area contributed by atoms with E-state index in [0.29, 0.717) is 12.6 Å². The quantitative estimate of drug-likeness (QED) is 0.720. The zero-order chi connectivity index (χ0) is 15.8. The second kappa shape index (κ2) is 8.26. The molecular formula is C15H23N3O3. The summed E-state index contributed by atoms with van der Waals surface area (Å²) in [7, 11) is 2.01. The third kappa shape index (κ3) is 5.43. The third-order valence-electron chi connectivity index (χ3n) is 3.50. The van der Waals surface area contributed by atoms with Crippen LogP contribution < -0.4 is 10.6 Å². The number of carboxylic acids is 1. The van der Waals surface area contributed by atoms with Gasteiger partial charge in [-0.1, -0.05) is 19.1 Å². The van der Waals surface area contributed by atoms with E-state index in [2.05, 4.69) is 29.4 Å². The van der Waals surface area contributed by atoms with E-state index in [-0.39, 0.29) is 11.3 Å². The first kappa shape index (κ1) is 17.0. The van der Waals surface area contributed by atoms with Crippen molar-refractivity contribution < 1.29 is 14.7 Å². The second-order valence-electron chi connectivity index (χ2n) is 4.97. The molecular weight excluding hydrogens is 270 g/mol. The molecule has 1 rings (SSSR count). The van der Waals surface area contributed by atoms with Crippen LogP contribution in [0.5, 0.6) is 0 Å². The second-order valence-corrected chi connectivity index (χ2v) is 4.97. The molecule has 3 N–H and O–H groups in total. The number of hydrogen-bond acceptors (Lipinski definition) is 3. The van der Waals surface area contributed by atoms with Crippen LogP contribution in [-0.4, -0.2) is 48.2 Å². The van der Waals surface area contributed by atoms with Gasteiger partial charge in [0, 0.05) is 19.1 Å². The van der Waals surface area contributed by atoms with E-state index in [1.54, 1.807) is 18.2 Å². The molecule has 0 aliphatic rings. The number of urea groups is 1. The molecule has 116 valence electrons. The number of carbonyl (C=O) groups is 2. The van der Waals surface area contributed by atoms with Gasteiger partial charge in [-0.05, 0) is 32.5 Å². The molecule has 0 spiro atoms. The van der Waals surface area contributed by atoms with Crippen LogP contribution in [0, 0.1) is 0 Å². The van der Waals surface area contributed by atoms with Gasteiger partial charge in [-0.15, -0.1) is 0 Å². The van der Waals surface area contributed by atoms with E-state index in [1.165, 1.54) is 6.07 Å². The average molecular weight is 293 g/mol. The first-order chi connectivity index (χ1) is 9.95. The highest BCUT2D eigenvalue weighted by Crippen LogP contribution is 2.14. The molecule has 0 radical (unpaired) electrons. The SMILES string of the molecule is CCC(C)N(C)CCNC(=O)Nc1ccccc1C(=O)O. The summed E-state index contributed by atoms with van der Waals surface area (Å²) in [4.78, 5) is 25.0. The smallest absolute Gasteiger partial charge is 0.337 e. The van der Waals surface area contributed by atoms with Crippen molar-refractivity contribution in [1.82, 2.24) is 10.2 Å². The maximum absolute atomic E-state index is 11.8. The highest BCUT2D eigenvalue weighted by molar-refractivity contribution is 5.99. The number of likely N-dealkylation sites (N-methyl/N-ethyl adjacent to an activating group) is 1. The molecule has 0 bridgehead atoms. The summed E-state index contributed by atoms with van der Waals surface area (Å²) in [5, 5.41) is 14.3. The molecule has 0 aromatic heterocycles. The number of para-hydroxylation sites is 1. The Labute approximate surface area is 125 Å². The molecule has 0 heterocycles. The Hall–Kier alpha value is -2.08. The molecule has 6 heteroatoms. The van der Waals surface area contributed by atoms with Gasteiger partial charge in [-0.3, -0.25) is 0 Å². The molecule has 0 aliphatic carbocycles. The van der Waals surface area contributed by atoms with E-state index in [9.17, 15) is 9.59 Å². The zero-order valence-corrected chi connectivity index (χ0v) is 12.7. The van der Waals surface area contributed by atoms with E-state index >= 15 is 0 Å². The van der Waals surface area contributed by atoms with Crippen molar-refractivity contribution in [3.05, 3.63) is 29.8 Å². The predicted octanol–water partition coefficient (Wildman–Crippen LogP) is 2.24. The fourth-order valence-corrected chi connectivity index (χ4v) is 1.82. The van der Waals surface area contributed by atoms with Gasteiger partial charge >= 0.3 is 12.0 Å². The lowest BCUT2D eigenvalue weighted by atomic mass is 10.2. The molecule has 1 atom stereocenters. The normalized spacial score (nSPS) is 12.0. The summed E-state index contributed by atoms with van der Waals surface area (Å²) in [6.45, 7) is 5.48. The number of amides is 2. The van der Waals surface area contributed by atoms with Crippen molar-refractivity contribution in [2.75, 3.05) is 25.5 Å². The summed E-state index contributed by atoms with van der Waals surface area (Å²) in [5.41, 5.74) is 0.363. The average Bonchev–Trinajstić information content (AvgIpc) is 2.46. The van der Waals surface area contributed by atoms with Crippen LogP contribution in [0.4, 0.5) is 10.5 Å². The number of nitrogens with one attached hydrogen (secondary N) is 2. The van der Waals surface area contributed by atoms with Gasteiger partial charge in [0.2, 0.25) is 0 Å². The molecule has 0 saturated carbocycles. The Morgan fingerprint density at radius 3 is 2.62 bits per heavy atom. The summed E-state index contributed by atoms with van der Waals surface area (Å²) in [6.07, 6.45) is 1.05. The van der Waals surface area contributed by atoms with Gasteiger partial charge < -0.3 is 20.6 Å². The number of aromatic carboxylic acids is 1. The summed E-state index contributed by atoms with van der Waals surface area (Å²) in [5.74, 6) is -1.07. The molecule has 1 unspecified atom stereocenters. The number of carbonyl (C=O) groups excluding carboxylic acids is 1. The minimum atomic E-state index is -1.07. The largest absolute Gasteiger partial charge is 0.478 e. The number of carboxylic acid groups (broad SMARTS) is 1. The van der Waals surface area contributed by atoms with Gasteiger partial charge in [-0.2, -0.15) is 0 Å². The molecule has 1 aromatic carbocycles. The van der Waals surface area contributed by atoms with Gasteiger partial charge in [0.25, 0.3) is 0 Å². The van der Waals surface area contributed by atoms with E-state index in [1.807, 2.05) is 7.05 Å². The maximum atomic E-state index is 11.8. The lowest BCUT2D eigenvalue weighted by Gasteiger charge is -2.23. The Bertz CT molecular complexity index is 491. The number of benzene rings is 1. The van der Waals surface area contributed by atoms with Crippen molar-refractivity contribution in [1.29, 1.82) is 0 Å². The predicted molar refractivity (Wildman–Crippen MR) is 82.8 cm³/mol. The molecule has 2 amide bonds. The van der Waals surface area contributed by atoms with Crippen LogP contribution in [-0.2, 0) is 0 Å². The van der Waals surface area contributed by atoms with Crippen molar-refractivity contribution in [3.63, 3.8) is 0 Å². The third-order valence-corrected chi connectivity index (χ3v) is 3.50. The highest BCUT2D eigenvalue weighted by atomic mass is 16.4. The van der Waals surface area contributed by atoms with Crippen molar-refractivity contribution in [2.24, 2.45) is 0 Å². The van der Waals surface area contributed by atoms with Crippen molar-refractivity contribution >= 4 is 17.7 Å². The van der Waals surface area contributed by atoms with E-state index in [4.69, 9.17) is 5.11 Å². The molecule has 6 nitrogen and oxygen atoms in total. The standard InChI is InChI=1S/C15H23N3O3/c1-4-11(2)18(3)10-9-16-15(21)17-13-8-6-5-7-12(13)14(19)20/h5-8,11H,4,9-10H2,1-3H3,(H,19,20)(H2,16,17,21). The fraction of sp³-hybridized carbons (Fsp3) is 0.467. The van der Waals surface area contributed by atoms with E-state index in [0.717, 1.165) is 13.0 Å². The van der Waals surface area contributed by atoms with Crippen LogP contribution in [0.25, 0.3) is 0 Å². The molecule has 0 fully saturated rings. The summed E-state index contributed by atoms with van der Waals surface area (Å²) in [6, 6.07) is 6.37. The fourth-order valence-electron chi connectivity index (χ4n) is 1.82. The Morgan fingerprint density at radius 1 is 1.33 bits per heavy atom. The molecule has 0 saturated heterocycles. The molecule has 0 aliphatic heterocycles. The first-order valence-corrected chi connectivity index (χ1v) is 7.03. The van der Waals surface area contributed by atoms with Gasteiger partial charge in [-0.25, -0.2) is 9.59 Å². The summed E-state index contributed by atoms with van der Waals surface area (Å²) >= 11 is 0. The van der Waals surface area contributed by atoms with Crippen molar-refractivity contribution in [2.45, 2.75) is 26.3 Å². The number of rotatable bonds is 7. The number of hydrogen-bond donors (Lipinski definition) is 3. The van der Waals surface area contributed by atoms with Gasteiger partial charge in [0.1, 0.15) is 0 Å². The van der Waals surface area contributed by atoms with Crippen LogP contribution in [0.1, 0.15) is 30.6 Å². The maximum Gasteiger partial charge on any atom is 0.337 e. The molecule has 1 aromatic rings. The van der Waals surface area contributed by atoms with Crippen LogP contribution in [0.3, 0.4) is 0 Å². The van der Waals surface area contributed by atoms with Crippen LogP contribution in [0.2, 0.25) is 0 Å². The lowest BCUT2D eigenvalue weighted by Crippen LogP contribution is -2.38. The zero-order valence-electron chi connectivity index (χ0n) is 12.7. The molecule has 21 heavy (non-hydrogen) atoms. The summed E-state index contributed by atoms with van der Waals surface area (Å²) < 4.78 is 0. The van der Waals surface area contributed by atoms with Crippen LogP contribution in [0.15, 0.2) is 24.3 Å². The Balaban J connectivity index is 2.46. The Kier molecular flexibility index (Phi) is 6.68. The monoisotopic (exact) mass is 293 g/mol. The van der Waals surface area contributed by atoms with Gasteiger partial charge in [0.15, 0.2) is 0 Å². The number of nitrogens with zero attached hydrogens (tertiary/aromatic N) is 1. The minimum absolute atomic E-state index is 0.0735. The van der Waals surface area contributed by atoms with Gasteiger partial charge in [0.05, 0.1) is 11.3 Å². The van der Waals surface area contributed by atoms with E-state index < -0.39 is 12.0 Å². The Morgan fingerprint density at radius 2 is 2.00 bits per heavy atom. The van der Waals surface area contributed by atoms with Crippen LogP contribution >= 0.6 is 0 Å². The highest BCUT2D eigenvalue weighted by Gasteiger charge is 2.11. The topological polar surface area (TPSA) is 81.7 Å².